The smallest absolute Gasteiger partial charge is 0.407 e. The van der Waals surface area contributed by atoms with E-state index in [0.717, 1.165) is 45.3 Å². The van der Waals surface area contributed by atoms with E-state index >= 15 is 0 Å². The van der Waals surface area contributed by atoms with Crippen LogP contribution in [0.3, 0.4) is 0 Å². The molecule has 1 saturated heterocycles. The van der Waals surface area contributed by atoms with E-state index in [2.05, 4.69) is 16.8 Å². The minimum Gasteiger partial charge on any atom is -0.481 e. The molecule has 1 aliphatic heterocycles. The summed E-state index contributed by atoms with van der Waals surface area (Å²) in [5.41, 5.74) is 0. The zero-order chi connectivity index (χ0) is 14.8. The summed E-state index contributed by atoms with van der Waals surface area (Å²) in [6.45, 7) is 6.95. The number of ether oxygens (including phenoxy) is 1. The molecular weight excluding hydrogens is 260 g/mol. The largest absolute Gasteiger partial charge is 0.481 e. The Hall–Kier alpha value is -1.56. The van der Waals surface area contributed by atoms with Gasteiger partial charge in [0.2, 0.25) is 0 Å². The second kappa shape index (κ2) is 9.36. The van der Waals surface area contributed by atoms with Gasteiger partial charge in [-0.3, -0.25) is 4.79 Å². The van der Waals surface area contributed by atoms with Crippen molar-refractivity contribution in [2.24, 2.45) is 5.92 Å². The number of amides is 1. The molecule has 0 spiro atoms. The molecule has 20 heavy (non-hydrogen) atoms. The van der Waals surface area contributed by atoms with E-state index in [1.54, 1.807) is 0 Å². The number of carboxylic acid groups (broad SMARTS) is 1. The Morgan fingerprint density at radius 1 is 1.35 bits per heavy atom. The van der Waals surface area contributed by atoms with Gasteiger partial charge in [-0.1, -0.05) is 12.7 Å². The van der Waals surface area contributed by atoms with Gasteiger partial charge in [-0.05, 0) is 45.3 Å². The number of rotatable bonds is 8. The molecule has 0 aliphatic carbocycles. The third-order valence-electron chi connectivity index (χ3n) is 3.44. The van der Waals surface area contributed by atoms with Crippen molar-refractivity contribution >= 4 is 12.1 Å². The molecule has 0 saturated carbocycles. The summed E-state index contributed by atoms with van der Waals surface area (Å²) in [6, 6.07) is 0. The number of alkyl carbamates (subject to hydrolysis) is 1. The molecular formula is C14H24N2O4. The number of nitrogens with zero attached hydrogens (tertiary/aromatic N) is 1. The van der Waals surface area contributed by atoms with E-state index in [9.17, 15) is 9.59 Å². The van der Waals surface area contributed by atoms with Crippen LogP contribution in [0.25, 0.3) is 0 Å². The standard InChI is InChI=1S/C14H24N2O4/c1-2-11-20-14(19)15-7-3-4-8-16-9-5-12(6-10-16)13(17)18/h2,12H,1,3-11H2,(H,15,19)(H,17,18). The molecule has 1 heterocycles. The maximum absolute atomic E-state index is 11.1. The summed E-state index contributed by atoms with van der Waals surface area (Å²) < 4.78 is 4.79. The Morgan fingerprint density at radius 2 is 2.05 bits per heavy atom. The van der Waals surface area contributed by atoms with Crippen LogP contribution in [0.2, 0.25) is 0 Å². The average Bonchev–Trinajstić information content (AvgIpc) is 2.45. The van der Waals surface area contributed by atoms with Gasteiger partial charge in [0.15, 0.2) is 0 Å². The van der Waals surface area contributed by atoms with Crippen molar-refractivity contribution in [3.63, 3.8) is 0 Å². The van der Waals surface area contributed by atoms with E-state index in [-0.39, 0.29) is 12.5 Å². The highest BCUT2D eigenvalue weighted by Crippen LogP contribution is 2.17. The number of carboxylic acids is 1. The number of hydrogen-bond donors (Lipinski definition) is 2. The molecule has 1 rings (SSSR count). The third kappa shape index (κ3) is 6.56. The molecule has 6 nitrogen and oxygen atoms in total. The first kappa shape index (κ1) is 16.5. The van der Waals surface area contributed by atoms with Gasteiger partial charge < -0.3 is 20.1 Å². The zero-order valence-corrected chi connectivity index (χ0v) is 11.8. The highest BCUT2D eigenvalue weighted by Gasteiger charge is 2.23. The van der Waals surface area contributed by atoms with Gasteiger partial charge in [0.05, 0.1) is 5.92 Å². The lowest BCUT2D eigenvalue weighted by atomic mass is 9.97. The number of aliphatic carboxylic acids is 1. The average molecular weight is 284 g/mol. The molecule has 0 aromatic heterocycles. The van der Waals surface area contributed by atoms with Crippen molar-refractivity contribution in [2.75, 3.05) is 32.8 Å². The van der Waals surface area contributed by atoms with Crippen LogP contribution in [0.5, 0.6) is 0 Å². The van der Waals surface area contributed by atoms with Gasteiger partial charge in [0.25, 0.3) is 0 Å². The molecule has 0 unspecified atom stereocenters. The molecule has 1 fully saturated rings. The molecule has 114 valence electrons. The van der Waals surface area contributed by atoms with E-state index in [1.165, 1.54) is 6.08 Å². The summed E-state index contributed by atoms with van der Waals surface area (Å²) in [7, 11) is 0. The van der Waals surface area contributed by atoms with Crippen molar-refractivity contribution in [3.8, 4) is 0 Å². The van der Waals surface area contributed by atoms with Gasteiger partial charge in [0, 0.05) is 6.54 Å². The number of hydrogen-bond acceptors (Lipinski definition) is 4. The summed E-state index contributed by atoms with van der Waals surface area (Å²) in [5, 5.41) is 11.6. The molecule has 2 N–H and O–H groups in total. The van der Waals surface area contributed by atoms with E-state index in [1.807, 2.05) is 0 Å². The first-order valence-corrected chi connectivity index (χ1v) is 7.10. The predicted octanol–water partition coefficient (Wildman–Crippen LogP) is 1.48. The molecule has 1 amide bonds. The monoisotopic (exact) mass is 284 g/mol. The number of carbonyl (C=O) groups excluding carboxylic acids is 1. The maximum Gasteiger partial charge on any atom is 0.407 e. The molecule has 0 aromatic rings. The van der Waals surface area contributed by atoms with Crippen molar-refractivity contribution in [1.29, 1.82) is 0 Å². The Labute approximate surface area is 119 Å². The highest BCUT2D eigenvalue weighted by atomic mass is 16.5. The fraction of sp³-hybridized carbons (Fsp3) is 0.714. The molecule has 0 radical (unpaired) electrons. The van der Waals surface area contributed by atoms with Crippen LogP contribution in [0, 0.1) is 5.92 Å². The Morgan fingerprint density at radius 3 is 2.65 bits per heavy atom. The van der Waals surface area contributed by atoms with Crippen LogP contribution in [-0.4, -0.2) is 54.9 Å². The van der Waals surface area contributed by atoms with Crippen LogP contribution in [-0.2, 0) is 9.53 Å². The van der Waals surface area contributed by atoms with Gasteiger partial charge in [-0.25, -0.2) is 4.79 Å². The molecule has 6 heteroatoms. The van der Waals surface area contributed by atoms with E-state index in [0.29, 0.717) is 6.54 Å². The van der Waals surface area contributed by atoms with E-state index in [4.69, 9.17) is 9.84 Å². The fourth-order valence-electron chi connectivity index (χ4n) is 2.24. The first-order valence-electron chi connectivity index (χ1n) is 7.10. The minimum atomic E-state index is -0.674. The third-order valence-corrected chi connectivity index (χ3v) is 3.44. The number of likely N-dealkylation sites (tertiary alicyclic amines) is 1. The van der Waals surface area contributed by atoms with Crippen molar-refractivity contribution in [3.05, 3.63) is 12.7 Å². The quantitative estimate of drug-likeness (QED) is 0.521. The summed E-state index contributed by atoms with van der Waals surface area (Å²) in [4.78, 5) is 24.2. The van der Waals surface area contributed by atoms with Gasteiger partial charge >= 0.3 is 12.1 Å². The Balaban J connectivity index is 1.98. The van der Waals surface area contributed by atoms with Crippen molar-refractivity contribution in [1.82, 2.24) is 10.2 Å². The van der Waals surface area contributed by atoms with Crippen LogP contribution in [0.1, 0.15) is 25.7 Å². The lowest BCUT2D eigenvalue weighted by Crippen LogP contribution is -2.37. The maximum atomic E-state index is 11.1. The van der Waals surface area contributed by atoms with Gasteiger partial charge in [-0.2, -0.15) is 0 Å². The SMILES string of the molecule is C=CCOC(=O)NCCCCN1CCC(C(=O)O)CC1. The number of piperidine rings is 1. The fourth-order valence-corrected chi connectivity index (χ4v) is 2.24. The predicted molar refractivity (Wildman–Crippen MR) is 75.6 cm³/mol. The van der Waals surface area contributed by atoms with Crippen LogP contribution in [0.15, 0.2) is 12.7 Å². The summed E-state index contributed by atoms with van der Waals surface area (Å²) in [5.74, 6) is -0.848. The Kier molecular flexibility index (Phi) is 7.72. The van der Waals surface area contributed by atoms with Crippen molar-refractivity contribution < 1.29 is 19.4 Å². The number of unbranched alkanes of at least 4 members (excludes halogenated alkanes) is 1. The second-order valence-electron chi connectivity index (χ2n) is 4.98. The Bertz CT molecular complexity index is 325. The molecule has 0 bridgehead atoms. The summed E-state index contributed by atoms with van der Waals surface area (Å²) >= 11 is 0. The highest BCUT2D eigenvalue weighted by molar-refractivity contribution is 5.70. The minimum absolute atomic E-state index is 0.174. The molecule has 0 atom stereocenters. The number of carbonyl (C=O) groups is 2. The second-order valence-corrected chi connectivity index (χ2v) is 4.98. The number of nitrogens with one attached hydrogen (secondary N) is 1. The van der Waals surface area contributed by atoms with Crippen molar-refractivity contribution in [2.45, 2.75) is 25.7 Å². The van der Waals surface area contributed by atoms with Crippen LogP contribution >= 0.6 is 0 Å². The van der Waals surface area contributed by atoms with Crippen LogP contribution in [0.4, 0.5) is 4.79 Å². The lowest BCUT2D eigenvalue weighted by molar-refractivity contribution is -0.143. The van der Waals surface area contributed by atoms with Gasteiger partial charge in [0.1, 0.15) is 6.61 Å². The van der Waals surface area contributed by atoms with E-state index < -0.39 is 12.1 Å². The summed E-state index contributed by atoms with van der Waals surface area (Å²) in [6.07, 6.45) is 4.47. The lowest BCUT2D eigenvalue weighted by Gasteiger charge is -2.29. The topological polar surface area (TPSA) is 78.9 Å². The zero-order valence-electron chi connectivity index (χ0n) is 11.8. The van der Waals surface area contributed by atoms with Gasteiger partial charge in [-0.15, -0.1) is 0 Å². The molecule has 1 aliphatic rings. The molecule has 0 aromatic carbocycles. The van der Waals surface area contributed by atoms with Crippen LogP contribution < -0.4 is 5.32 Å². The first-order chi connectivity index (χ1) is 9.63. The normalized spacial score (nSPS) is 16.6.